The van der Waals surface area contributed by atoms with Crippen LogP contribution in [0.2, 0.25) is 0 Å². The van der Waals surface area contributed by atoms with Crippen LogP contribution >= 0.6 is 0 Å². The highest BCUT2D eigenvalue weighted by Gasteiger charge is 2.30. The minimum absolute atomic E-state index is 0.106. The Morgan fingerprint density at radius 1 is 1.47 bits per heavy atom. The van der Waals surface area contributed by atoms with Crippen LogP contribution in [-0.2, 0) is 11.3 Å². The molecule has 1 amide bonds. The first kappa shape index (κ1) is 10.8. The molecule has 17 heavy (non-hydrogen) atoms. The van der Waals surface area contributed by atoms with E-state index in [0.29, 0.717) is 18.5 Å². The monoisotopic (exact) mass is 233 g/mol. The van der Waals surface area contributed by atoms with Crippen LogP contribution in [-0.4, -0.2) is 16.5 Å². The molecule has 1 atom stereocenters. The standard InChI is InChI=1S/C13H19N3O/c14-13(9-1-2-9)10-5-6-16(7-10)8-12(17)15-11-3-4-11/h5-7,9,11,13H,1-4,8,14H2,(H,15,17). The number of carbonyl (C=O) groups excluding carboxylic acids is 1. The van der Waals surface area contributed by atoms with Crippen LogP contribution in [0.3, 0.4) is 0 Å². The molecule has 2 saturated carbocycles. The smallest absolute Gasteiger partial charge is 0.240 e. The quantitative estimate of drug-likeness (QED) is 0.802. The third-order valence-corrected chi connectivity index (χ3v) is 3.56. The second kappa shape index (κ2) is 4.18. The second-order valence-corrected chi connectivity index (χ2v) is 5.32. The van der Waals surface area contributed by atoms with Gasteiger partial charge in [-0.25, -0.2) is 0 Å². The molecule has 4 heteroatoms. The van der Waals surface area contributed by atoms with Gasteiger partial charge < -0.3 is 15.6 Å². The molecule has 4 nitrogen and oxygen atoms in total. The minimum Gasteiger partial charge on any atom is -0.352 e. The number of hydrogen-bond acceptors (Lipinski definition) is 2. The van der Waals surface area contributed by atoms with Gasteiger partial charge in [0.2, 0.25) is 5.91 Å². The molecule has 0 saturated heterocycles. The summed E-state index contributed by atoms with van der Waals surface area (Å²) >= 11 is 0. The van der Waals surface area contributed by atoms with Crippen molar-refractivity contribution in [1.82, 2.24) is 9.88 Å². The van der Waals surface area contributed by atoms with Crippen molar-refractivity contribution in [2.24, 2.45) is 11.7 Å². The summed E-state index contributed by atoms with van der Waals surface area (Å²) in [5, 5.41) is 2.98. The number of rotatable bonds is 5. The molecule has 1 aromatic rings. The molecule has 0 radical (unpaired) electrons. The van der Waals surface area contributed by atoms with Gasteiger partial charge >= 0.3 is 0 Å². The molecule has 2 aliphatic rings. The lowest BCUT2D eigenvalue weighted by Gasteiger charge is -2.07. The lowest BCUT2D eigenvalue weighted by Crippen LogP contribution is -2.28. The molecule has 0 aromatic carbocycles. The lowest BCUT2D eigenvalue weighted by molar-refractivity contribution is -0.121. The summed E-state index contributed by atoms with van der Waals surface area (Å²) in [5.74, 6) is 0.765. The van der Waals surface area contributed by atoms with E-state index in [0.717, 1.165) is 18.4 Å². The van der Waals surface area contributed by atoms with Gasteiger partial charge in [0.15, 0.2) is 0 Å². The summed E-state index contributed by atoms with van der Waals surface area (Å²) in [6.07, 6.45) is 8.72. The highest BCUT2D eigenvalue weighted by atomic mass is 16.2. The molecule has 0 bridgehead atoms. The number of hydrogen-bond donors (Lipinski definition) is 2. The van der Waals surface area contributed by atoms with Crippen molar-refractivity contribution in [3.63, 3.8) is 0 Å². The summed E-state index contributed by atoms with van der Waals surface area (Å²) in [4.78, 5) is 11.6. The van der Waals surface area contributed by atoms with Crippen molar-refractivity contribution >= 4 is 5.91 Å². The van der Waals surface area contributed by atoms with Gasteiger partial charge in [-0.05, 0) is 43.2 Å². The number of carbonyl (C=O) groups is 1. The van der Waals surface area contributed by atoms with Crippen LogP contribution in [0, 0.1) is 5.92 Å². The Bertz CT molecular complexity index is 418. The molecule has 2 aliphatic carbocycles. The lowest BCUT2D eigenvalue weighted by atomic mass is 10.1. The van der Waals surface area contributed by atoms with E-state index >= 15 is 0 Å². The first-order valence-corrected chi connectivity index (χ1v) is 6.43. The predicted octanol–water partition coefficient (Wildman–Crippen LogP) is 1.18. The molecule has 1 unspecified atom stereocenters. The molecule has 1 aromatic heterocycles. The van der Waals surface area contributed by atoms with Crippen LogP contribution in [0.25, 0.3) is 0 Å². The van der Waals surface area contributed by atoms with Gasteiger partial charge in [-0.1, -0.05) is 0 Å². The van der Waals surface area contributed by atoms with E-state index in [2.05, 4.69) is 5.32 Å². The maximum absolute atomic E-state index is 11.6. The van der Waals surface area contributed by atoms with E-state index in [1.807, 2.05) is 23.0 Å². The van der Waals surface area contributed by atoms with Gasteiger partial charge in [0, 0.05) is 24.5 Å². The summed E-state index contributed by atoms with van der Waals surface area (Å²) < 4.78 is 1.93. The highest BCUT2D eigenvalue weighted by Crippen LogP contribution is 2.39. The van der Waals surface area contributed by atoms with Crippen LogP contribution < -0.4 is 11.1 Å². The summed E-state index contributed by atoms with van der Waals surface area (Å²) in [5.41, 5.74) is 7.28. The Morgan fingerprint density at radius 2 is 2.24 bits per heavy atom. The van der Waals surface area contributed by atoms with E-state index in [9.17, 15) is 4.79 Å². The minimum atomic E-state index is 0.106. The van der Waals surface area contributed by atoms with Gasteiger partial charge in [-0.2, -0.15) is 0 Å². The summed E-state index contributed by atoms with van der Waals surface area (Å²) in [7, 11) is 0. The molecule has 1 heterocycles. The molecular weight excluding hydrogens is 214 g/mol. The van der Waals surface area contributed by atoms with Crippen molar-refractivity contribution < 1.29 is 4.79 Å². The van der Waals surface area contributed by atoms with Gasteiger partial charge in [-0.3, -0.25) is 4.79 Å². The van der Waals surface area contributed by atoms with Crippen molar-refractivity contribution in [1.29, 1.82) is 0 Å². The fraction of sp³-hybridized carbons (Fsp3) is 0.615. The zero-order valence-corrected chi connectivity index (χ0v) is 9.93. The zero-order valence-electron chi connectivity index (χ0n) is 9.93. The Balaban J connectivity index is 1.57. The molecule has 0 aliphatic heterocycles. The maximum Gasteiger partial charge on any atom is 0.240 e. The number of amides is 1. The topological polar surface area (TPSA) is 60.0 Å². The van der Waals surface area contributed by atoms with E-state index < -0.39 is 0 Å². The van der Waals surface area contributed by atoms with E-state index in [1.54, 1.807) is 0 Å². The number of nitrogens with one attached hydrogen (secondary N) is 1. The normalized spacial score (nSPS) is 21.2. The van der Waals surface area contributed by atoms with Crippen LogP contribution in [0.4, 0.5) is 0 Å². The van der Waals surface area contributed by atoms with Crippen molar-refractivity contribution in [3.8, 4) is 0 Å². The third kappa shape index (κ3) is 2.69. The van der Waals surface area contributed by atoms with E-state index in [1.165, 1.54) is 12.8 Å². The van der Waals surface area contributed by atoms with Gasteiger partial charge in [-0.15, -0.1) is 0 Å². The first-order chi connectivity index (χ1) is 8.22. The number of aromatic nitrogens is 1. The third-order valence-electron chi connectivity index (χ3n) is 3.56. The number of nitrogens with two attached hydrogens (primary N) is 1. The van der Waals surface area contributed by atoms with Crippen LogP contribution in [0.15, 0.2) is 18.5 Å². The molecule has 92 valence electrons. The Kier molecular flexibility index (Phi) is 2.67. The zero-order chi connectivity index (χ0) is 11.8. The fourth-order valence-electron chi connectivity index (χ4n) is 2.15. The number of nitrogens with zero attached hydrogens (tertiary/aromatic N) is 1. The predicted molar refractivity (Wildman–Crippen MR) is 65.2 cm³/mol. The Morgan fingerprint density at radius 3 is 2.88 bits per heavy atom. The van der Waals surface area contributed by atoms with Crippen LogP contribution in [0.1, 0.15) is 37.3 Å². The molecular formula is C13H19N3O. The van der Waals surface area contributed by atoms with Crippen molar-refractivity contribution in [3.05, 3.63) is 24.0 Å². The van der Waals surface area contributed by atoms with Crippen LogP contribution in [0.5, 0.6) is 0 Å². The van der Waals surface area contributed by atoms with Gasteiger partial charge in [0.05, 0.1) is 0 Å². The summed E-state index contributed by atoms with van der Waals surface area (Å²) in [6, 6.07) is 2.63. The fourth-order valence-corrected chi connectivity index (χ4v) is 2.15. The molecule has 3 rings (SSSR count). The average molecular weight is 233 g/mol. The summed E-state index contributed by atoms with van der Waals surface area (Å²) in [6.45, 7) is 0.411. The highest BCUT2D eigenvalue weighted by molar-refractivity contribution is 5.76. The molecule has 0 spiro atoms. The average Bonchev–Trinajstić information content (AvgIpc) is 3.18. The van der Waals surface area contributed by atoms with E-state index in [4.69, 9.17) is 5.73 Å². The van der Waals surface area contributed by atoms with Gasteiger partial charge in [0.1, 0.15) is 6.54 Å². The largest absolute Gasteiger partial charge is 0.352 e. The van der Waals surface area contributed by atoms with Crippen molar-refractivity contribution in [2.75, 3.05) is 0 Å². The maximum atomic E-state index is 11.6. The van der Waals surface area contributed by atoms with E-state index in [-0.39, 0.29) is 11.9 Å². The molecule has 2 fully saturated rings. The SMILES string of the molecule is NC(c1ccn(CC(=O)NC2CC2)c1)C1CC1. The Hall–Kier alpha value is -1.29. The Labute approximate surface area is 101 Å². The van der Waals surface area contributed by atoms with Crippen molar-refractivity contribution in [2.45, 2.75) is 44.3 Å². The molecule has 3 N–H and O–H groups in total. The first-order valence-electron chi connectivity index (χ1n) is 6.43. The van der Waals surface area contributed by atoms with Gasteiger partial charge in [0.25, 0.3) is 0 Å². The second-order valence-electron chi connectivity index (χ2n) is 5.32.